The molecule has 0 bridgehead atoms. The summed E-state index contributed by atoms with van der Waals surface area (Å²) in [4.78, 5) is 13.8. The zero-order valence-electron chi connectivity index (χ0n) is 16.2. The van der Waals surface area contributed by atoms with Gasteiger partial charge in [-0.15, -0.1) is 4.40 Å². The van der Waals surface area contributed by atoms with Gasteiger partial charge in [0.05, 0.1) is 10.6 Å². The number of nitrogens with zero attached hydrogens (tertiary/aromatic N) is 2. The monoisotopic (exact) mass is 429 g/mol. The average molecular weight is 430 g/mol. The number of sulfonamides is 1. The average Bonchev–Trinajstić information content (AvgIpc) is 2.99. The molecule has 0 radical (unpaired) electrons. The Labute approximate surface area is 167 Å². The lowest BCUT2D eigenvalue weighted by molar-refractivity contribution is -0.113. The van der Waals surface area contributed by atoms with E-state index >= 15 is 0 Å². The van der Waals surface area contributed by atoms with E-state index in [4.69, 9.17) is 0 Å². The van der Waals surface area contributed by atoms with Crippen LogP contribution in [0.1, 0.15) is 39.0 Å². The van der Waals surface area contributed by atoms with Crippen molar-refractivity contribution in [3.63, 3.8) is 0 Å². The molecule has 2 rings (SSSR count). The molecule has 0 aromatic heterocycles. The van der Waals surface area contributed by atoms with E-state index < -0.39 is 31.5 Å². The van der Waals surface area contributed by atoms with Crippen LogP contribution in [-0.2, 0) is 24.7 Å². The number of hydrogen-bond donors (Lipinski definition) is 1. The molecule has 1 N–H and O–H groups in total. The summed E-state index contributed by atoms with van der Waals surface area (Å²) in [6.45, 7) is 2.75. The van der Waals surface area contributed by atoms with E-state index in [9.17, 15) is 21.6 Å². The lowest BCUT2D eigenvalue weighted by Crippen LogP contribution is -2.24. The Morgan fingerprint density at radius 1 is 1.14 bits per heavy atom. The molecule has 0 aliphatic carbocycles. The second-order valence-corrected chi connectivity index (χ2v) is 10.7. The number of likely N-dealkylation sites (tertiary alicyclic amines) is 1. The maximum Gasteiger partial charge on any atom is 0.283 e. The minimum absolute atomic E-state index is 0.0137. The number of unbranched alkanes of at least 4 members (excludes halogenated alkanes) is 2. The van der Waals surface area contributed by atoms with Crippen LogP contribution >= 0.6 is 0 Å². The van der Waals surface area contributed by atoms with Gasteiger partial charge in [0.25, 0.3) is 10.0 Å². The Hall–Kier alpha value is -1.94. The quantitative estimate of drug-likeness (QED) is 0.601. The minimum atomic E-state index is -3.83. The summed E-state index contributed by atoms with van der Waals surface area (Å²) < 4.78 is 52.5. The van der Waals surface area contributed by atoms with Gasteiger partial charge in [0.1, 0.15) is 11.6 Å². The zero-order valence-corrected chi connectivity index (χ0v) is 17.9. The van der Waals surface area contributed by atoms with Gasteiger partial charge < -0.3 is 10.2 Å². The lowest BCUT2D eigenvalue weighted by atomic mass is 10.3. The molecule has 1 heterocycles. The van der Waals surface area contributed by atoms with Crippen molar-refractivity contribution >= 4 is 37.3 Å². The van der Waals surface area contributed by atoms with E-state index in [1.54, 1.807) is 7.05 Å². The van der Waals surface area contributed by atoms with Crippen molar-refractivity contribution in [1.82, 2.24) is 4.90 Å². The molecule has 1 aliphatic heterocycles. The molecule has 1 aliphatic rings. The van der Waals surface area contributed by atoms with Crippen LogP contribution in [0.25, 0.3) is 0 Å². The van der Waals surface area contributed by atoms with Gasteiger partial charge >= 0.3 is 0 Å². The highest BCUT2D eigenvalue weighted by molar-refractivity contribution is 7.92. The van der Waals surface area contributed by atoms with Crippen LogP contribution in [0, 0.1) is 0 Å². The minimum Gasteiger partial charge on any atom is -0.362 e. The molecule has 28 heavy (non-hydrogen) atoms. The van der Waals surface area contributed by atoms with Gasteiger partial charge in [-0.25, -0.2) is 8.42 Å². The second kappa shape index (κ2) is 9.51. The van der Waals surface area contributed by atoms with Crippen molar-refractivity contribution in [2.75, 3.05) is 30.4 Å². The third-order valence-corrected chi connectivity index (χ3v) is 7.34. The molecule has 0 spiro atoms. The van der Waals surface area contributed by atoms with Crippen molar-refractivity contribution in [3.05, 3.63) is 24.3 Å². The third-order valence-electron chi connectivity index (χ3n) is 4.41. The van der Waals surface area contributed by atoms with Crippen molar-refractivity contribution in [3.8, 4) is 0 Å². The second-order valence-electron chi connectivity index (χ2n) is 6.88. The van der Waals surface area contributed by atoms with Crippen LogP contribution < -0.4 is 5.32 Å². The first-order chi connectivity index (χ1) is 13.1. The molecule has 0 saturated carbocycles. The van der Waals surface area contributed by atoms with E-state index in [0.717, 1.165) is 25.8 Å². The molecule has 1 saturated heterocycles. The first-order valence-electron chi connectivity index (χ1n) is 9.28. The van der Waals surface area contributed by atoms with Gasteiger partial charge in [-0.3, -0.25) is 4.79 Å². The number of sulfone groups is 1. The van der Waals surface area contributed by atoms with Gasteiger partial charge in [0.2, 0.25) is 5.91 Å². The fraction of sp³-hybridized carbons (Fsp3) is 0.556. The van der Waals surface area contributed by atoms with Crippen LogP contribution in [-0.4, -0.2) is 58.6 Å². The summed E-state index contributed by atoms with van der Waals surface area (Å²) in [7, 11) is -5.48. The summed E-state index contributed by atoms with van der Waals surface area (Å²) in [6, 6.07) is 5.54. The Morgan fingerprint density at radius 2 is 1.82 bits per heavy atom. The number of amides is 1. The number of hydrogen-bond acceptors (Lipinski definition) is 5. The predicted octanol–water partition coefficient (Wildman–Crippen LogP) is 2.04. The highest BCUT2D eigenvalue weighted by Crippen LogP contribution is 2.19. The van der Waals surface area contributed by atoms with Crippen molar-refractivity contribution in [1.29, 1.82) is 0 Å². The standard InChI is InChI=1S/C18H27N3O5S2/c1-3-4-5-13-27(23,24)14-18(22)19-15-8-10-16(11-9-15)28(25,26)20-17-7-6-12-21(17)2/h8-11H,3-7,12-14H2,1-2H3,(H,19,22)/b20-17-. The molecule has 1 amide bonds. The van der Waals surface area contributed by atoms with Crippen LogP contribution in [0.15, 0.2) is 33.6 Å². The molecule has 0 atom stereocenters. The van der Waals surface area contributed by atoms with Gasteiger partial charge in [0.15, 0.2) is 9.84 Å². The summed E-state index contributed by atoms with van der Waals surface area (Å²) in [5.41, 5.74) is 0.332. The van der Waals surface area contributed by atoms with Crippen molar-refractivity contribution in [2.24, 2.45) is 4.40 Å². The summed E-state index contributed by atoms with van der Waals surface area (Å²) in [6.07, 6.45) is 3.74. The molecule has 1 aromatic rings. The Bertz CT molecular complexity index is 922. The Kier molecular flexibility index (Phi) is 7.59. The highest BCUT2D eigenvalue weighted by atomic mass is 32.2. The maximum absolute atomic E-state index is 12.4. The number of anilines is 1. The fourth-order valence-corrected chi connectivity index (χ4v) is 5.21. The van der Waals surface area contributed by atoms with Gasteiger partial charge in [-0.05, 0) is 37.1 Å². The number of rotatable bonds is 9. The van der Waals surface area contributed by atoms with E-state index in [2.05, 4.69) is 9.71 Å². The van der Waals surface area contributed by atoms with Crippen LogP contribution in [0.5, 0.6) is 0 Å². The maximum atomic E-state index is 12.4. The normalized spacial score (nSPS) is 16.5. The predicted molar refractivity (Wildman–Crippen MR) is 110 cm³/mol. The topological polar surface area (TPSA) is 113 Å². The molecule has 8 nitrogen and oxygen atoms in total. The number of nitrogens with one attached hydrogen (secondary N) is 1. The van der Waals surface area contributed by atoms with E-state index in [1.165, 1.54) is 24.3 Å². The highest BCUT2D eigenvalue weighted by Gasteiger charge is 2.21. The van der Waals surface area contributed by atoms with E-state index in [1.807, 2.05) is 11.8 Å². The number of carbonyl (C=O) groups excluding carboxylic acids is 1. The molecule has 10 heteroatoms. The molecular weight excluding hydrogens is 402 g/mol. The first-order valence-corrected chi connectivity index (χ1v) is 12.5. The molecular formula is C18H27N3O5S2. The largest absolute Gasteiger partial charge is 0.362 e. The van der Waals surface area contributed by atoms with Gasteiger partial charge in [-0.2, -0.15) is 8.42 Å². The summed E-state index contributed by atoms with van der Waals surface area (Å²) in [5.74, 6) is -0.706. The zero-order chi connectivity index (χ0) is 20.8. The van der Waals surface area contributed by atoms with Crippen molar-refractivity contribution < 1.29 is 21.6 Å². The van der Waals surface area contributed by atoms with Crippen molar-refractivity contribution in [2.45, 2.75) is 43.9 Å². The third kappa shape index (κ3) is 6.59. The van der Waals surface area contributed by atoms with Crippen LogP contribution in [0.2, 0.25) is 0 Å². The van der Waals surface area contributed by atoms with Crippen LogP contribution in [0.4, 0.5) is 5.69 Å². The lowest BCUT2D eigenvalue weighted by Gasteiger charge is -2.11. The fourth-order valence-electron chi connectivity index (χ4n) is 2.85. The molecule has 156 valence electrons. The molecule has 1 fully saturated rings. The number of benzene rings is 1. The first kappa shape index (κ1) is 22.4. The number of amidine groups is 1. The molecule has 0 unspecified atom stereocenters. The Morgan fingerprint density at radius 3 is 2.39 bits per heavy atom. The summed E-state index contributed by atoms with van der Waals surface area (Å²) >= 11 is 0. The molecule has 1 aromatic carbocycles. The van der Waals surface area contributed by atoms with Gasteiger partial charge in [-0.1, -0.05) is 19.8 Å². The van der Waals surface area contributed by atoms with Gasteiger partial charge in [0, 0.05) is 25.7 Å². The number of carbonyl (C=O) groups is 1. The van der Waals surface area contributed by atoms with E-state index in [-0.39, 0.29) is 10.6 Å². The summed E-state index contributed by atoms with van der Waals surface area (Å²) in [5, 5.41) is 2.49. The smallest absolute Gasteiger partial charge is 0.283 e. The van der Waals surface area contributed by atoms with Crippen LogP contribution in [0.3, 0.4) is 0 Å². The SMILES string of the molecule is CCCCCS(=O)(=O)CC(=O)Nc1ccc(S(=O)(=O)/N=C2/CCCN2C)cc1. The van der Waals surface area contributed by atoms with E-state index in [0.29, 0.717) is 24.4 Å². The Balaban J connectivity index is 1.99.